The van der Waals surface area contributed by atoms with Gasteiger partial charge in [-0.25, -0.2) is 0 Å². The maximum absolute atomic E-state index is 12.5. The molecule has 0 bridgehead atoms. The number of methoxy groups -OCH3 is 2. The lowest BCUT2D eigenvalue weighted by atomic mass is 9.95. The zero-order valence-corrected chi connectivity index (χ0v) is 17.6. The molecule has 2 aromatic rings. The van der Waals surface area contributed by atoms with E-state index >= 15 is 0 Å². The van der Waals surface area contributed by atoms with Crippen LogP contribution < -0.4 is 14.8 Å². The van der Waals surface area contributed by atoms with Crippen molar-refractivity contribution in [1.29, 1.82) is 0 Å². The topological polar surface area (TPSA) is 60.0 Å². The highest BCUT2D eigenvalue weighted by Gasteiger charge is 2.38. The first-order valence-electron chi connectivity index (χ1n) is 9.94. The highest BCUT2D eigenvalue weighted by Crippen LogP contribution is 2.29. The van der Waals surface area contributed by atoms with E-state index in [0.717, 1.165) is 29.2 Å². The number of hydrogen-bond donors (Lipinski definition) is 1. The Morgan fingerprint density at radius 3 is 1.97 bits per heavy atom. The predicted octanol–water partition coefficient (Wildman–Crippen LogP) is 2.88. The Morgan fingerprint density at radius 2 is 1.52 bits per heavy atom. The van der Waals surface area contributed by atoms with Gasteiger partial charge in [0.25, 0.3) is 0 Å². The second-order valence-electron chi connectivity index (χ2n) is 7.33. The van der Waals surface area contributed by atoms with Crippen LogP contribution in [0.4, 0.5) is 0 Å². The highest BCUT2D eigenvalue weighted by atomic mass is 16.5. The number of nitrogens with zero attached hydrogens (tertiary/aromatic N) is 1. The van der Waals surface area contributed by atoms with Crippen LogP contribution in [-0.4, -0.2) is 57.9 Å². The standard InChI is InChI=1S/C23H30N2O4/c1-5-29-23(26)20-14-25(2)15-21(20)24-22(16-6-10-18(27-3)11-7-16)17-8-12-19(28-4)13-9-17/h6-13,20-22,24H,5,14-15H2,1-4H3. The van der Waals surface area contributed by atoms with Crippen molar-refractivity contribution >= 4 is 5.97 Å². The van der Waals surface area contributed by atoms with E-state index in [9.17, 15) is 4.79 Å². The molecule has 1 aliphatic heterocycles. The van der Waals surface area contributed by atoms with E-state index in [1.807, 2.05) is 38.2 Å². The van der Waals surface area contributed by atoms with Gasteiger partial charge in [0, 0.05) is 19.1 Å². The fourth-order valence-corrected chi connectivity index (χ4v) is 3.85. The zero-order chi connectivity index (χ0) is 20.8. The molecule has 1 aliphatic rings. The van der Waals surface area contributed by atoms with Gasteiger partial charge in [-0.3, -0.25) is 4.79 Å². The number of carbonyl (C=O) groups excluding carboxylic acids is 1. The van der Waals surface area contributed by atoms with Gasteiger partial charge < -0.3 is 24.4 Å². The predicted molar refractivity (Wildman–Crippen MR) is 112 cm³/mol. The monoisotopic (exact) mass is 398 g/mol. The summed E-state index contributed by atoms with van der Waals surface area (Å²) in [5.41, 5.74) is 2.21. The summed E-state index contributed by atoms with van der Waals surface area (Å²) in [6, 6.07) is 16.0. The van der Waals surface area contributed by atoms with Crippen molar-refractivity contribution in [2.45, 2.75) is 19.0 Å². The summed E-state index contributed by atoms with van der Waals surface area (Å²) in [6.07, 6.45) is 0. The normalized spacial score (nSPS) is 19.3. The number of ether oxygens (including phenoxy) is 3. The minimum Gasteiger partial charge on any atom is -0.497 e. The maximum atomic E-state index is 12.5. The number of likely N-dealkylation sites (N-methyl/N-ethyl adjacent to an activating group) is 1. The molecule has 2 unspecified atom stereocenters. The third kappa shape index (κ3) is 5.08. The van der Waals surface area contributed by atoms with Crippen molar-refractivity contribution in [2.24, 2.45) is 5.92 Å². The summed E-state index contributed by atoms with van der Waals surface area (Å²) in [5, 5.41) is 3.72. The van der Waals surface area contributed by atoms with E-state index < -0.39 is 0 Å². The van der Waals surface area contributed by atoms with Crippen LogP contribution in [0.5, 0.6) is 11.5 Å². The first-order chi connectivity index (χ1) is 14.0. The summed E-state index contributed by atoms with van der Waals surface area (Å²) < 4.78 is 15.9. The smallest absolute Gasteiger partial charge is 0.311 e. The van der Waals surface area contributed by atoms with E-state index in [0.29, 0.717) is 13.2 Å². The van der Waals surface area contributed by atoms with Gasteiger partial charge in [-0.1, -0.05) is 24.3 Å². The lowest BCUT2D eigenvalue weighted by molar-refractivity contribution is -0.148. The molecule has 0 amide bonds. The first kappa shape index (κ1) is 21.1. The molecule has 0 aromatic heterocycles. The van der Waals surface area contributed by atoms with Crippen LogP contribution >= 0.6 is 0 Å². The Bertz CT molecular complexity index is 744. The van der Waals surface area contributed by atoms with Gasteiger partial charge in [0.05, 0.1) is 32.8 Å². The molecule has 0 spiro atoms. The number of rotatable bonds is 8. The van der Waals surface area contributed by atoms with Crippen molar-refractivity contribution in [3.05, 3.63) is 59.7 Å². The minimum absolute atomic E-state index is 0.00625. The molecule has 2 atom stereocenters. The average molecular weight is 399 g/mol. The summed E-state index contributed by atoms with van der Waals surface area (Å²) in [5.74, 6) is 1.29. The minimum atomic E-state index is -0.195. The second-order valence-corrected chi connectivity index (χ2v) is 7.33. The first-order valence-corrected chi connectivity index (χ1v) is 9.94. The number of nitrogens with one attached hydrogen (secondary N) is 1. The highest BCUT2D eigenvalue weighted by molar-refractivity contribution is 5.74. The number of hydrogen-bond acceptors (Lipinski definition) is 6. The molecular formula is C23H30N2O4. The van der Waals surface area contributed by atoms with E-state index in [1.54, 1.807) is 14.2 Å². The summed E-state index contributed by atoms with van der Waals surface area (Å²) >= 11 is 0. The van der Waals surface area contributed by atoms with E-state index in [2.05, 4.69) is 34.5 Å². The van der Waals surface area contributed by atoms with Crippen LogP contribution in [0.25, 0.3) is 0 Å². The number of esters is 1. The van der Waals surface area contributed by atoms with Crippen molar-refractivity contribution in [1.82, 2.24) is 10.2 Å². The maximum Gasteiger partial charge on any atom is 0.311 e. The molecule has 1 fully saturated rings. The molecule has 29 heavy (non-hydrogen) atoms. The molecule has 0 aliphatic carbocycles. The van der Waals surface area contributed by atoms with E-state index in [-0.39, 0.29) is 24.0 Å². The fraction of sp³-hybridized carbons (Fsp3) is 0.435. The summed E-state index contributed by atoms with van der Waals surface area (Å²) in [6.45, 7) is 3.71. The quantitative estimate of drug-likeness (QED) is 0.690. The molecule has 3 rings (SSSR count). The summed E-state index contributed by atoms with van der Waals surface area (Å²) in [4.78, 5) is 14.7. The third-order valence-corrected chi connectivity index (χ3v) is 5.37. The van der Waals surface area contributed by atoms with Crippen LogP contribution in [0.3, 0.4) is 0 Å². The Balaban J connectivity index is 1.90. The van der Waals surface area contributed by atoms with Crippen LogP contribution in [0.15, 0.2) is 48.5 Å². The van der Waals surface area contributed by atoms with E-state index in [4.69, 9.17) is 14.2 Å². The third-order valence-electron chi connectivity index (χ3n) is 5.37. The molecule has 2 aromatic carbocycles. The van der Waals surface area contributed by atoms with Gasteiger partial charge in [-0.15, -0.1) is 0 Å². The SMILES string of the molecule is CCOC(=O)C1CN(C)CC1NC(c1ccc(OC)cc1)c1ccc(OC)cc1. The van der Waals surface area contributed by atoms with Gasteiger partial charge in [0.2, 0.25) is 0 Å². The lowest BCUT2D eigenvalue weighted by Crippen LogP contribution is -2.42. The van der Waals surface area contributed by atoms with Crippen molar-refractivity contribution in [3.8, 4) is 11.5 Å². The Hall–Kier alpha value is -2.57. The van der Waals surface area contributed by atoms with Crippen molar-refractivity contribution in [3.63, 3.8) is 0 Å². The Morgan fingerprint density at radius 1 is 1.00 bits per heavy atom. The van der Waals surface area contributed by atoms with Crippen LogP contribution in [-0.2, 0) is 9.53 Å². The van der Waals surface area contributed by atoms with Gasteiger partial charge >= 0.3 is 5.97 Å². The van der Waals surface area contributed by atoms with Crippen LogP contribution in [0.2, 0.25) is 0 Å². The van der Waals surface area contributed by atoms with Crippen molar-refractivity contribution in [2.75, 3.05) is 41.0 Å². The lowest BCUT2D eigenvalue weighted by Gasteiger charge is -2.27. The zero-order valence-electron chi connectivity index (χ0n) is 17.6. The van der Waals surface area contributed by atoms with Gasteiger partial charge in [0.1, 0.15) is 11.5 Å². The molecule has 6 nitrogen and oxygen atoms in total. The number of benzene rings is 2. The summed E-state index contributed by atoms with van der Waals surface area (Å²) in [7, 11) is 5.35. The molecule has 0 saturated carbocycles. The molecule has 6 heteroatoms. The fourth-order valence-electron chi connectivity index (χ4n) is 3.85. The largest absolute Gasteiger partial charge is 0.497 e. The van der Waals surface area contributed by atoms with Gasteiger partial charge in [-0.05, 0) is 49.4 Å². The van der Waals surface area contributed by atoms with Crippen LogP contribution in [0, 0.1) is 5.92 Å². The number of carbonyl (C=O) groups is 1. The van der Waals surface area contributed by atoms with E-state index in [1.165, 1.54) is 0 Å². The number of likely N-dealkylation sites (tertiary alicyclic amines) is 1. The Labute approximate surface area is 172 Å². The van der Waals surface area contributed by atoms with Crippen LogP contribution in [0.1, 0.15) is 24.1 Å². The molecule has 1 saturated heterocycles. The van der Waals surface area contributed by atoms with Crippen molar-refractivity contribution < 1.29 is 19.0 Å². The Kier molecular flexibility index (Phi) is 7.12. The molecule has 1 heterocycles. The van der Waals surface area contributed by atoms with Gasteiger partial charge in [0.15, 0.2) is 0 Å². The molecule has 156 valence electrons. The molecule has 1 N–H and O–H groups in total. The molecule has 0 radical (unpaired) electrons. The average Bonchev–Trinajstić information content (AvgIpc) is 3.13. The second kappa shape index (κ2) is 9.76. The van der Waals surface area contributed by atoms with Gasteiger partial charge in [-0.2, -0.15) is 0 Å². The molecular weight excluding hydrogens is 368 g/mol.